The van der Waals surface area contributed by atoms with Gasteiger partial charge in [0.2, 0.25) is 0 Å². The highest BCUT2D eigenvalue weighted by Crippen LogP contribution is 2.27. The van der Waals surface area contributed by atoms with E-state index in [1.54, 1.807) is 6.33 Å². The van der Waals surface area contributed by atoms with Crippen LogP contribution in [0, 0.1) is 12.8 Å². The third-order valence-corrected chi connectivity index (χ3v) is 4.32. The van der Waals surface area contributed by atoms with Crippen molar-refractivity contribution in [2.45, 2.75) is 52.9 Å². The molecular formula is C16H28N4. The molecule has 1 aliphatic rings. The first-order valence-corrected chi connectivity index (χ1v) is 8.06. The monoisotopic (exact) mass is 276 g/mol. The van der Waals surface area contributed by atoms with Crippen molar-refractivity contribution >= 4 is 11.6 Å². The minimum absolute atomic E-state index is 0.889. The Hall–Kier alpha value is -1.32. The summed E-state index contributed by atoms with van der Waals surface area (Å²) in [7, 11) is 0. The van der Waals surface area contributed by atoms with E-state index in [0.717, 1.165) is 43.6 Å². The van der Waals surface area contributed by atoms with Crippen LogP contribution in [-0.2, 0) is 0 Å². The normalized spacial score (nSPS) is 19.8. The van der Waals surface area contributed by atoms with E-state index in [0.29, 0.717) is 0 Å². The van der Waals surface area contributed by atoms with Crippen LogP contribution < -0.4 is 10.2 Å². The van der Waals surface area contributed by atoms with Gasteiger partial charge < -0.3 is 10.2 Å². The van der Waals surface area contributed by atoms with Gasteiger partial charge in [0.1, 0.15) is 18.0 Å². The Balaban J connectivity index is 2.11. The van der Waals surface area contributed by atoms with E-state index in [1.807, 2.05) is 0 Å². The summed E-state index contributed by atoms with van der Waals surface area (Å²) in [5, 5.41) is 3.40. The number of anilines is 2. The Bertz CT molecular complexity index is 419. The molecule has 1 atom stereocenters. The van der Waals surface area contributed by atoms with Crippen molar-refractivity contribution in [1.29, 1.82) is 0 Å². The van der Waals surface area contributed by atoms with Crippen molar-refractivity contribution in [3.05, 3.63) is 11.9 Å². The van der Waals surface area contributed by atoms with E-state index in [-0.39, 0.29) is 0 Å². The second kappa shape index (κ2) is 7.46. The lowest BCUT2D eigenvalue weighted by molar-refractivity contribution is 0.459. The molecule has 1 saturated heterocycles. The van der Waals surface area contributed by atoms with Gasteiger partial charge in [0.15, 0.2) is 0 Å². The first kappa shape index (κ1) is 15.1. The van der Waals surface area contributed by atoms with Crippen molar-refractivity contribution in [3.63, 3.8) is 0 Å². The van der Waals surface area contributed by atoms with Crippen LogP contribution >= 0.6 is 0 Å². The van der Waals surface area contributed by atoms with E-state index in [1.165, 1.54) is 31.2 Å². The molecule has 112 valence electrons. The molecule has 0 spiro atoms. The third-order valence-electron chi connectivity index (χ3n) is 4.32. The highest BCUT2D eigenvalue weighted by molar-refractivity contribution is 5.57. The van der Waals surface area contributed by atoms with Crippen molar-refractivity contribution in [2.24, 2.45) is 5.92 Å². The number of aromatic nitrogens is 2. The molecule has 1 N–H and O–H groups in total. The van der Waals surface area contributed by atoms with Gasteiger partial charge in [-0.3, -0.25) is 0 Å². The van der Waals surface area contributed by atoms with Gasteiger partial charge in [-0.2, -0.15) is 0 Å². The van der Waals surface area contributed by atoms with E-state index >= 15 is 0 Å². The molecule has 1 fully saturated rings. The maximum Gasteiger partial charge on any atom is 0.137 e. The van der Waals surface area contributed by atoms with Gasteiger partial charge in [-0.25, -0.2) is 9.97 Å². The minimum atomic E-state index is 0.889. The molecule has 0 aliphatic carbocycles. The summed E-state index contributed by atoms with van der Waals surface area (Å²) >= 11 is 0. The summed E-state index contributed by atoms with van der Waals surface area (Å²) in [4.78, 5) is 11.4. The maximum absolute atomic E-state index is 4.54. The summed E-state index contributed by atoms with van der Waals surface area (Å²) in [6.45, 7) is 9.84. The summed E-state index contributed by atoms with van der Waals surface area (Å²) in [6.07, 6.45) is 8.04. The number of nitrogens with one attached hydrogen (secondary N) is 1. The van der Waals surface area contributed by atoms with Crippen LogP contribution in [0.5, 0.6) is 0 Å². The summed E-state index contributed by atoms with van der Waals surface area (Å²) in [5.74, 6) is 3.00. The van der Waals surface area contributed by atoms with Gasteiger partial charge in [-0.05, 0) is 38.5 Å². The molecule has 0 bridgehead atoms. The molecule has 0 aromatic carbocycles. The maximum atomic E-state index is 4.54. The Labute approximate surface area is 123 Å². The van der Waals surface area contributed by atoms with Crippen molar-refractivity contribution in [1.82, 2.24) is 9.97 Å². The zero-order chi connectivity index (χ0) is 14.4. The van der Waals surface area contributed by atoms with Gasteiger partial charge in [0.25, 0.3) is 0 Å². The molecule has 20 heavy (non-hydrogen) atoms. The zero-order valence-electron chi connectivity index (χ0n) is 13.2. The Kier molecular flexibility index (Phi) is 5.62. The molecule has 4 nitrogen and oxygen atoms in total. The Morgan fingerprint density at radius 3 is 2.85 bits per heavy atom. The highest BCUT2D eigenvalue weighted by atomic mass is 15.2. The fourth-order valence-electron chi connectivity index (χ4n) is 2.97. The number of rotatable bonds is 5. The molecule has 4 heteroatoms. The van der Waals surface area contributed by atoms with E-state index in [2.05, 4.69) is 41.0 Å². The average molecular weight is 276 g/mol. The molecule has 1 aromatic heterocycles. The van der Waals surface area contributed by atoms with Crippen molar-refractivity contribution < 1.29 is 0 Å². The topological polar surface area (TPSA) is 41.1 Å². The summed E-state index contributed by atoms with van der Waals surface area (Å²) in [6, 6.07) is 0. The fraction of sp³-hybridized carbons (Fsp3) is 0.750. The quantitative estimate of drug-likeness (QED) is 0.891. The van der Waals surface area contributed by atoms with E-state index < -0.39 is 0 Å². The Morgan fingerprint density at radius 2 is 2.10 bits per heavy atom. The van der Waals surface area contributed by atoms with Crippen molar-refractivity contribution in [3.8, 4) is 0 Å². The third kappa shape index (κ3) is 3.62. The van der Waals surface area contributed by atoms with Crippen LogP contribution in [0.3, 0.4) is 0 Å². The standard InChI is InChI=1S/C16H28N4/c1-4-9-17-15-13(3)16(19-12-18-15)20-10-6-7-14(5-2)8-11-20/h12,14H,4-11H2,1-3H3,(H,17,18,19). The molecule has 0 saturated carbocycles. The van der Waals surface area contributed by atoms with Gasteiger partial charge in [-0.15, -0.1) is 0 Å². The highest BCUT2D eigenvalue weighted by Gasteiger charge is 2.19. The number of hydrogen-bond acceptors (Lipinski definition) is 4. The van der Waals surface area contributed by atoms with Crippen LogP contribution in [0.2, 0.25) is 0 Å². The van der Waals surface area contributed by atoms with Crippen LogP contribution in [0.1, 0.15) is 51.5 Å². The second-order valence-electron chi connectivity index (χ2n) is 5.79. The first-order chi connectivity index (χ1) is 9.76. The van der Waals surface area contributed by atoms with Gasteiger partial charge in [-0.1, -0.05) is 20.3 Å². The van der Waals surface area contributed by atoms with Crippen LogP contribution in [0.25, 0.3) is 0 Å². The van der Waals surface area contributed by atoms with Gasteiger partial charge in [0.05, 0.1) is 0 Å². The molecule has 2 rings (SSSR count). The largest absolute Gasteiger partial charge is 0.370 e. The minimum Gasteiger partial charge on any atom is -0.370 e. The lowest BCUT2D eigenvalue weighted by Crippen LogP contribution is -2.26. The lowest BCUT2D eigenvalue weighted by atomic mass is 9.98. The molecule has 1 aromatic rings. The molecule has 1 unspecified atom stereocenters. The number of nitrogens with zero attached hydrogens (tertiary/aromatic N) is 3. The SMILES string of the molecule is CCCNc1ncnc(N2CCCC(CC)CC2)c1C. The number of hydrogen-bond donors (Lipinski definition) is 1. The predicted octanol–water partition coefficient (Wildman–Crippen LogP) is 3.62. The molecule has 2 heterocycles. The van der Waals surface area contributed by atoms with Crippen molar-refractivity contribution in [2.75, 3.05) is 29.9 Å². The molecule has 1 aliphatic heterocycles. The van der Waals surface area contributed by atoms with Gasteiger partial charge in [0, 0.05) is 25.2 Å². The lowest BCUT2D eigenvalue weighted by Gasteiger charge is -2.24. The predicted molar refractivity (Wildman–Crippen MR) is 85.4 cm³/mol. The van der Waals surface area contributed by atoms with Gasteiger partial charge >= 0.3 is 0 Å². The molecule has 0 radical (unpaired) electrons. The van der Waals surface area contributed by atoms with E-state index in [4.69, 9.17) is 0 Å². The summed E-state index contributed by atoms with van der Waals surface area (Å²) < 4.78 is 0. The second-order valence-corrected chi connectivity index (χ2v) is 5.79. The molecule has 0 amide bonds. The van der Waals surface area contributed by atoms with Crippen LogP contribution in [-0.4, -0.2) is 29.6 Å². The fourth-order valence-corrected chi connectivity index (χ4v) is 2.97. The summed E-state index contributed by atoms with van der Waals surface area (Å²) in [5.41, 5.74) is 1.19. The van der Waals surface area contributed by atoms with Crippen LogP contribution in [0.15, 0.2) is 6.33 Å². The zero-order valence-corrected chi connectivity index (χ0v) is 13.2. The van der Waals surface area contributed by atoms with E-state index in [9.17, 15) is 0 Å². The average Bonchev–Trinajstić information content (AvgIpc) is 2.71. The first-order valence-electron chi connectivity index (χ1n) is 8.06. The molecular weight excluding hydrogens is 248 g/mol. The smallest absolute Gasteiger partial charge is 0.137 e. The Morgan fingerprint density at radius 1 is 1.25 bits per heavy atom. The van der Waals surface area contributed by atoms with Crippen LogP contribution in [0.4, 0.5) is 11.6 Å².